The number of hydrogen-bond acceptors (Lipinski definition) is 1. The van der Waals surface area contributed by atoms with Gasteiger partial charge in [-0.2, -0.15) is 0 Å². The first-order chi connectivity index (χ1) is 20.7. The lowest BCUT2D eigenvalue weighted by atomic mass is 9.83. The summed E-state index contributed by atoms with van der Waals surface area (Å²) in [5.41, 5.74) is 14.0. The maximum Gasteiger partial charge on any atom is 0.135 e. The summed E-state index contributed by atoms with van der Waals surface area (Å²) in [6, 6.07) is 42.1. The first kappa shape index (κ1) is 22.4. The van der Waals surface area contributed by atoms with Crippen LogP contribution in [-0.4, -0.2) is 9.13 Å². The molecule has 0 amide bonds. The monoisotopic (exact) mass is 538 g/mol. The first-order valence-corrected chi connectivity index (χ1v) is 14.7. The Hall–Kier alpha value is -5.28. The van der Waals surface area contributed by atoms with Crippen LogP contribution in [0.1, 0.15) is 22.3 Å². The Labute approximate surface area is 241 Å². The van der Waals surface area contributed by atoms with Gasteiger partial charge < -0.3 is 13.6 Å². The van der Waals surface area contributed by atoms with Crippen LogP contribution in [-0.2, 0) is 19.9 Å². The van der Waals surface area contributed by atoms with Gasteiger partial charge in [-0.15, -0.1) is 0 Å². The molecule has 0 N–H and O–H groups in total. The molecule has 0 spiro atoms. The smallest absolute Gasteiger partial charge is 0.135 e. The van der Waals surface area contributed by atoms with Crippen molar-refractivity contribution in [2.45, 2.75) is 12.8 Å². The van der Waals surface area contributed by atoms with Crippen LogP contribution < -0.4 is 0 Å². The number of benzene rings is 6. The van der Waals surface area contributed by atoms with E-state index >= 15 is 0 Å². The molecular weight excluding hydrogens is 512 g/mol. The van der Waals surface area contributed by atoms with Gasteiger partial charge >= 0.3 is 0 Å². The quantitative estimate of drug-likeness (QED) is 0.204. The maximum atomic E-state index is 6.18. The summed E-state index contributed by atoms with van der Waals surface area (Å²) < 4.78 is 11.1. The van der Waals surface area contributed by atoms with Crippen molar-refractivity contribution in [3.63, 3.8) is 0 Å². The molecule has 9 aromatic rings. The Morgan fingerprint density at radius 2 is 1.10 bits per heavy atom. The Kier molecular flexibility index (Phi) is 4.23. The molecule has 0 radical (unpaired) electrons. The molecule has 42 heavy (non-hydrogen) atoms. The van der Waals surface area contributed by atoms with Crippen LogP contribution in [0.15, 0.2) is 120 Å². The summed E-state index contributed by atoms with van der Waals surface area (Å²) in [5.74, 6) is 0. The van der Waals surface area contributed by atoms with Crippen molar-refractivity contribution >= 4 is 65.6 Å². The van der Waals surface area contributed by atoms with Crippen LogP contribution in [0.5, 0.6) is 0 Å². The third-order valence-electron chi connectivity index (χ3n) is 9.66. The van der Waals surface area contributed by atoms with E-state index < -0.39 is 0 Å². The average molecular weight is 539 g/mol. The number of aromatic nitrogens is 2. The summed E-state index contributed by atoms with van der Waals surface area (Å²) in [6.07, 6.45) is 1.86. The molecule has 0 aliphatic heterocycles. The third-order valence-corrected chi connectivity index (χ3v) is 9.66. The molecule has 6 aromatic carbocycles. The molecule has 0 fully saturated rings. The number of fused-ring (bicyclic) bond motifs is 13. The highest BCUT2D eigenvalue weighted by Gasteiger charge is 2.25. The predicted molar refractivity (Wildman–Crippen MR) is 174 cm³/mol. The minimum Gasteiger partial charge on any atom is -0.456 e. The normalized spacial score (nSPS) is 13.2. The summed E-state index contributed by atoms with van der Waals surface area (Å²) >= 11 is 0. The molecule has 3 aromatic heterocycles. The van der Waals surface area contributed by atoms with Gasteiger partial charge in [-0.05, 0) is 58.7 Å². The van der Waals surface area contributed by atoms with E-state index in [1.165, 1.54) is 71.6 Å². The predicted octanol–water partition coefficient (Wildman–Crippen LogP) is 9.82. The minimum absolute atomic E-state index is 0.923. The lowest BCUT2D eigenvalue weighted by Crippen LogP contribution is -2.11. The van der Waals surface area contributed by atoms with Gasteiger partial charge in [-0.1, -0.05) is 78.9 Å². The second-order valence-electron chi connectivity index (χ2n) is 11.8. The zero-order valence-electron chi connectivity index (χ0n) is 23.2. The summed E-state index contributed by atoms with van der Waals surface area (Å²) in [5, 5.41) is 7.61. The molecule has 0 unspecified atom stereocenters. The van der Waals surface area contributed by atoms with Gasteiger partial charge in [0.25, 0.3) is 0 Å². The number of nitrogens with zero attached hydrogens (tertiary/aromatic N) is 2. The van der Waals surface area contributed by atoms with Crippen molar-refractivity contribution in [2.75, 3.05) is 0 Å². The molecule has 3 heteroatoms. The molecule has 3 nitrogen and oxygen atoms in total. The molecule has 1 aliphatic rings. The highest BCUT2D eigenvalue weighted by atomic mass is 16.3. The largest absolute Gasteiger partial charge is 0.456 e. The molecule has 0 saturated heterocycles. The zero-order valence-corrected chi connectivity index (χ0v) is 23.2. The van der Waals surface area contributed by atoms with E-state index in [1.807, 2.05) is 6.07 Å². The maximum absolute atomic E-state index is 6.18. The van der Waals surface area contributed by atoms with E-state index in [4.69, 9.17) is 4.42 Å². The van der Waals surface area contributed by atoms with Gasteiger partial charge in [0.2, 0.25) is 0 Å². The van der Waals surface area contributed by atoms with Gasteiger partial charge in [-0.25, -0.2) is 0 Å². The van der Waals surface area contributed by atoms with Gasteiger partial charge in [0.15, 0.2) is 0 Å². The van der Waals surface area contributed by atoms with Crippen LogP contribution in [0, 0.1) is 0 Å². The van der Waals surface area contributed by atoms with Crippen molar-refractivity contribution in [1.29, 1.82) is 0 Å². The lowest BCUT2D eigenvalue weighted by Gasteiger charge is -2.23. The molecule has 0 saturated carbocycles. The molecular formula is C39H26N2O. The van der Waals surface area contributed by atoms with Crippen molar-refractivity contribution in [2.24, 2.45) is 7.05 Å². The fourth-order valence-electron chi connectivity index (χ4n) is 7.79. The molecule has 0 bridgehead atoms. The number of rotatable bonds is 1. The third kappa shape index (κ3) is 2.80. The number of furan rings is 1. The van der Waals surface area contributed by atoms with Gasteiger partial charge in [-0.3, -0.25) is 0 Å². The molecule has 198 valence electrons. The second-order valence-corrected chi connectivity index (χ2v) is 11.8. The molecule has 3 heterocycles. The first-order valence-electron chi connectivity index (χ1n) is 14.7. The standard InChI is InChI=1S/C39H26N2O/c1-40-34-11-5-2-8-26(34)29-17-14-23-21-32-24(20-31(23)38(29)40)15-18-30-27-9-3-6-12-35(27)41(39(30)32)25-16-19-37-33(22-25)28-10-4-7-13-36(28)42-37/h2-19,22H,20-21H2,1H3. The van der Waals surface area contributed by atoms with E-state index in [-0.39, 0.29) is 0 Å². The fourth-order valence-corrected chi connectivity index (χ4v) is 7.79. The second kappa shape index (κ2) is 7.92. The van der Waals surface area contributed by atoms with Crippen molar-refractivity contribution in [3.8, 4) is 5.69 Å². The van der Waals surface area contributed by atoms with Crippen LogP contribution in [0.25, 0.3) is 71.2 Å². The van der Waals surface area contributed by atoms with Gasteiger partial charge in [0.05, 0.1) is 16.6 Å². The van der Waals surface area contributed by atoms with Crippen molar-refractivity contribution < 1.29 is 4.42 Å². The highest BCUT2D eigenvalue weighted by molar-refractivity contribution is 6.13. The highest BCUT2D eigenvalue weighted by Crippen LogP contribution is 2.42. The number of aryl methyl sites for hydroxylation is 1. The Bertz CT molecular complexity index is 2590. The van der Waals surface area contributed by atoms with Crippen LogP contribution in [0.2, 0.25) is 0 Å². The van der Waals surface area contributed by atoms with Crippen molar-refractivity contribution in [1.82, 2.24) is 9.13 Å². The van der Waals surface area contributed by atoms with E-state index in [0.29, 0.717) is 0 Å². The van der Waals surface area contributed by atoms with E-state index in [0.717, 1.165) is 34.8 Å². The van der Waals surface area contributed by atoms with E-state index in [9.17, 15) is 0 Å². The Morgan fingerprint density at radius 1 is 0.500 bits per heavy atom. The van der Waals surface area contributed by atoms with Crippen molar-refractivity contribution in [3.05, 3.63) is 138 Å². The Balaban J connectivity index is 1.26. The molecule has 10 rings (SSSR count). The minimum atomic E-state index is 0.923. The summed E-state index contributed by atoms with van der Waals surface area (Å²) in [6.45, 7) is 0. The number of hydrogen-bond donors (Lipinski definition) is 0. The van der Waals surface area contributed by atoms with E-state index in [1.54, 1.807) is 0 Å². The van der Waals surface area contributed by atoms with Crippen LogP contribution in [0.4, 0.5) is 0 Å². The SMILES string of the molecule is Cn1c2ccccc2c2ccc3c(c21)Cc1ccc2c4ccccc4n(-c4ccc5oc6ccccc6c5c4)c2c1C3. The zero-order chi connectivity index (χ0) is 27.5. The molecule has 0 atom stereocenters. The lowest BCUT2D eigenvalue weighted by molar-refractivity contribution is 0.669. The Morgan fingerprint density at radius 3 is 1.88 bits per heavy atom. The van der Waals surface area contributed by atoms with E-state index in [2.05, 4.69) is 125 Å². The summed E-state index contributed by atoms with van der Waals surface area (Å²) in [4.78, 5) is 0. The van der Waals surface area contributed by atoms with Crippen LogP contribution >= 0.6 is 0 Å². The topological polar surface area (TPSA) is 23.0 Å². The van der Waals surface area contributed by atoms with Crippen LogP contribution in [0.3, 0.4) is 0 Å². The number of para-hydroxylation sites is 3. The molecule has 1 aliphatic carbocycles. The van der Waals surface area contributed by atoms with Gasteiger partial charge in [0.1, 0.15) is 11.2 Å². The average Bonchev–Trinajstić information content (AvgIpc) is 3.68. The summed E-state index contributed by atoms with van der Waals surface area (Å²) in [7, 11) is 2.22. The fraction of sp³-hybridized carbons (Fsp3) is 0.0769. The van der Waals surface area contributed by atoms with Gasteiger partial charge in [0, 0.05) is 63.4 Å².